The van der Waals surface area contributed by atoms with Crippen LogP contribution in [0.5, 0.6) is 5.75 Å². The first-order valence-electron chi connectivity index (χ1n) is 10.2. The van der Waals surface area contributed by atoms with Crippen LogP contribution in [0.25, 0.3) is 10.9 Å². The second-order valence-electron chi connectivity index (χ2n) is 7.60. The number of aromatic nitrogens is 1. The number of benzene rings is 3. The highest BCUT2D eigenvalue weighted by Gasteiger charge is 2.19. The maximum absolute atomic E-state index is 13.4. The van der Waals surface area contributed by atoms with Crippen LogP contribution in [0.2, 0.25) is 5.15 Å². The zero-order valence-electron chi connectivity index (χ0n) is 17.8. The third kappa shape index (κ3) is 4.73. The Labute approximate surface area is 191 Å². The van der Waals surface area contributed by atoms with E-state index in [1.165, 1.54) is 24.3 Å². The molecule has 0 saturated carbocycles. The van der Waals surface area contributed by atoms with Crippen LogP contribution in [0.3, 0.4) is 0 Å². The molecule has 0 bridgehead atoms. The quantitative estimate of drug-likeness (QED) is 0.330. The number of amides is 1. The fourth-order valence-corrected chi connectivity index (χ4v) is 3.81. The Kier molecular flexibility index (Phi) is 6.37. The summed E-state index contributed by atoms with van der Waals surface area (Å²) >= 11 is 6.52. The van der Waals surface area contributed by atoms with Crippen molar-refractivity contribution in [1.82, 2.24) is 9.88 Å². The molecule has 6 heteroatoms. The second-order valence-corrected chi connectivity index (χ2v) is 7.96. The van der Waals surface area contributed by atoms with Crippen molar-refractivity contribution in [2.75, 3.05) is 7.11 Å². The SMILES string of the molecule is COc1ccc(CN(Cc2cc3cccc(C)c3nc2Cl)C(=O)c2ccc(F)cc2)cc1. The molecule has 0 radical (unpaired) electrons. The standard InChI is InChI=1S/C26H22ClFN2O2/c1-17-4-3-5-20-14-21(25(27)29-24(17)20)16-30(15-18-6-12-23(32-2)13-7-18)26(31)19-8-10-22(28)11-9-19/h3-14H,15-16H2,1-2H3. The number of halogens is 2. The van der Waals surface area contributed by atoms with E-state index in [1.807, 2.05) is 55.5 Å². The predicted molar refractivity (Wildman–Crippen MR) is 124 cm³/mol. The van der Waals surface area contributed by atoms with Gasteiger partial charge in [0.25, 0.3) is 5.91 Å². The van der Waals surface area contributed by atoms with Crippen molar-refractivity contribution in [3.05, 3.63) is 106 Å². The van der Waals surface area contributed by atoms with Gasteiger partial charge in [0.2, 0.25) is 0 Å². The maximum Gasteiger partial charge on any atom is 0.254 e. The minimum atomic E-state index is -0.389. The second kappa shape index (κ2) is 9.37. The summed E-state index contributed by atoms with van der Waals surface area (Å²) in [4.78, 5) is 19.6. The average molecular weight is 449 g/mol. The van der Waals surface area contributed by atoms with Crippen molar-refractivity contribution in [3.8, 4) is 5.75 Å². The molecule has 4 nitrogen and oxygen atoms in total. The molecular weight excluding hydrogens is 427 g/mol. The van der Waals surface area contributed by atoms with Gasteiger partial charge in [0.15, 0.2) is 0 Å². The van der Waals surface area contributed by atoms with Crippen molar-refractivity contribution in [2.45, 2.75) is 20.0 Å². The van der Waals surface area contributed by atoms with Crippen LogP contribution in [0.4, 0.5) is 4.39 Å². The summed E-state index contributed by atoms with van der Waals surface area (Å²) in [6, 6.07) is 21.0. The summed E-state index contributed by atoms with van der Waals surface area (Å²) in [5.74, 6) is 0.129. The van der Waals surface area contributed by atoms with E-state index in [9.17, 15) is 9.18 Å². The zero-order valence-corrected chi connectivity index (χ0v) is 18.6. The van der Waals surface area contributed by atoms with E-state index in [0.29, 0.717) is 17.3 Å². The lowest BCUT2D eigenvalue weighted by Crippen LogP contribution is -2.30. The number of fused-ring (bicyclic) bond motifs is 1. The first-order valence-corrected chi connectivity index (χ1v) is 10.5. The number of nitrogens with zero attached hydrogens (tertiary/aromatic N) is 2. The highest BCUT2D eigenvalue weighted by molar-refractivity contribution is 6.30. The molecule has 0 aliphatic carbocycles. The van der Waals surface area contributed by atoms with Crippen molar-refractivity contribution in [3.63, 3.8) is 0 Å². The molecule has 0 unspecified atom stereocenters. The minimum absolute atomic E-state index is 0.221. The molecule has 0 saturated heterocycles. The summed E-state index contributed by atoms with van der Waals surface area (Å²) in [7, 11) is 1.61. The number of hydrogen-bond acceptors (Lipinski definition) is 3. The first kappa shape index (κ1) is 21.8. The van der Waals surface area contributed by atoms with Crippen LogP contribution in [0.15, 0.2) is 72.8 Å². The molecule has 4 rings (SSSR count). The van der Waals surface area contributed by atoms with Crippen molar-refractivity contribution in [2.24, 2.45) is 0 Å². The Balaban J connectivity index is 1.69. The van der Waals surface area contributed by atoms with Gasteiger partial charge in [-0.1, -0.05) is 41.9 Å². The van der Waals surface area contributed by atoms with Crippen LogP contribution in [-0.4, -0.2) is 22.9 Å². The molecule has 1 aromatic heterocycles. The predicted octanol–water partition coefficient (Wildman–Crippen LogP) is 6.19. The molecule has 0 atom stereocenters. The Hall–Kier alpha value is -3.44. The van der Waals surface area contributed by atoms with Gasteiger partial charge >= 0.3 is 0 Å². The van der Waals surface area contributed by atoms with Crippen molar-refractivity contribution >= 4 is 28.4 Å². The van der Waals surface area contributed by atoms with Gasteiger partial charge in [0, 0.05) is 29.6 Å². The number of carbonyl (C=O) groups excluding carboxylic acids is 1. The van der Waals surface area contributed by atoms with Crippen LogP contribution in [0.1, 0.15) is 27.0 Å². The van der Waals surface area contributed by atoms with Gasteiger partial charge in [0.1, 0.15) is 16.7 Å². The number of ether oxygens (including phenoxy) is 1. The fourth-order valence-electron chi connectivity index (χ4n) is 3.61. The van der Waals surface area contributed by atoms with Gasteiger partial charge in [-0.3, -0.25) is 4.79 Å². The molecule has 0 N–H and O–H groups in total. The van der Waals surface area contributed by atoms with E-state index >= 15 is 0 Å². The lowest BCUT2D eigenvalue weighted by molar-refractivity contribution is 0.0730. The molecule has 1 heterocycles. The summed E-state index contributed by atoms with van der Waals surface area (Å²) < 4.78 is 18.6. The van der Waals surface area contributed by atoms with E-state index in [1.54, 1.807) is 12.0 Å². The number of rotatable bonds is 6. The number of hydrogen-bond donors (Lipinski definition) is 0. The molecule has 1 amide bonds. The van der Waals surface area contributed by atoms with Crippen LogP contribution in [-0.2, 0) is 13.1 Å². The molecule has 0 fully saturated rings. The monoisotopic (exact) mass is 448 g/mol. The van der Waals surface area contributed by atoms with E-state index in [2.05, 4.69) is 4.98 Å². The number of aryl methyl sites for hydroxylation is 1. The summed E-state index contributed by atoms with van der Waals surface area (Å²) in [5.41, 5.74) is 3.96. The van der Waals surface area contributed by atoms with Gasteiger partial charge in [-0.15, -0.1) is 0 Å². The highest BCUT2D eigenvalue weighted by atomic mass is 35.5. The minimum Gasteiger partial charge on any atom is -0.497 e. The van der Waals surface area contributed by atoms with E-state index < -0.39 is 0 Å². The van der Waals surface area contributed by atoms with Crippen LogP contribution >= 0.6 is 11.6 Å². The lowest BCUT2D eigenvalue weighted by atomic mass is 10.1. The number of carbonyl (C=O) groups is 1. The first-order chi connectivity index (χ1) is 15.4. The fraction of sp³-hybridized carbons (Fsp3) is 0.154. The van der Waals surface area contributed by atoms with Gasteiger partial charge in [-0.2, -0.15) is 0 Å². The Morgan fingerprint density at radius 3 is 2.44 bits per heavy atom. The van der Waals surface area contributed by atoms with Gasteiger partial charge in [-0.25, -0.2) is 9.37 Å². The Morgan fingerprint density at radius 1 is 1.03 bits per heavy atom. The average Bonchev–Trinajstić information content (AvgIpc) is 2.80. The molecule has 4 aromatic rings. The largest absolute Gasteiger partial charge is 0.497 e. The highest BCUT2D eigenvalue weighted by Crippen LogP contribution is 2.25. The van der Waals surface area contributed by atoms with E-state index in [-0.39, 0.29) is 18.3 Å². The van der Waals surface area contributed by atoms with Crippen molar-refractivity contribution in [1.29, 1.82) is 0 Å². The zero-order chi connectivity index (χ0) is 22.7. The molecule has 0 spiro atoms. The number of pyridine rings is 1. The number of para-hydroxylation sites is 1. The van der Waals surface area contributed by atoms with E-state index in [0.717, 1.165) is 33.3 Å². The normalized spacial score (nSPS) is 10.9. The van der Waals surface area contributed by atoms with Crippen molar-refractivity contribution < 1.29 is 13.9 Å². The lowest BCUT2D eigenvalue weighted by Gasteiger charge is -2.24. The maximum atomic E-state index is 13.4. The van der Waals surface area contributed by atoms with Crippen LogP contribution < -0.4 is 4.74 Å². The molecule has 32 heavy (non-hydrogen) atoms. The van der Waals surface area contributed by atoms with Crippen LogP contribution in [0, 0.1) is 12.7 Å². The number of methoxy groups -OCH3 is 1. The van der Waals surface area contributed by atoms with Gasteiger partial charge < -0.3 is 9.64 Å². The molecular formula is C26H22ClFN2O2. The third-order valence-corrected chi connectivity index (χ3v) is 5.67. The molecule has 162 valence electrons. The smallest absolute Gasteiger partial charge is 0.254 e. The molecule has 0 aliphatic heterocycles. The Morgan fingerprint density at radius 2 is 1.75 bits per heavy atom. The summed E-state index contributed by atoms with van der Waals surface area (Å²) in [5, 5.41) is 1.32. The van der Waals surface area contributed by atoms with Gasteiger partial charge in [-0.05, 0) is 60.5 Å². The van der Waals surface area contributed by atoms with E-state index in [4.69, 9.17) is 16.3 Å². The molecule has 3 aromatic carbocycles. The topological polar surface area (TPSA) is 42.4 Å². The molecule has 0 aliphatic rings. The van der Waals surface area contributed by atoms with Gasteiger partial charge in [0.05, 0.1) is 12.6 Å². The Bertz CT molecular complexity index is 1260. The summed E-state index contributed by atoms with van der Waals surface area (Å²) in [6.45, 7) is 2.60. The summed E-state index contributed by atoms with van der Waals surface area (Å²) in [6.07, 6.45) is 0. The third-order valence-electron chi connectivity index (χ3n) is 5.35.